The molecule has 1 rings (SSSR count). The molecule has 0 bridgehead atoms. The van der Waals surface area contributed by atoms with Gasteiger partial charge in [-0.15, -0.1) is 0 Å². The lowest BCUT2D eigenvalue weighted by Gasteiger charge is -2.01. The van der Waals surface area contributed by atoms with Crippen LogP contribution in [0.3, 0.4) is 0 Å². The lowest BCUT2D eigenvalue weighted by Crippen LogP contribution is -1.85. The molecule has 58 valence electrons. The molecule has 0 amide bonds. The number of carbonyl (C=O) groups excluding carboxylic acids is 1. The van der Waals surface area contributed by atoms with Gasteiger partial charge in [-0.05, 0) is 24.6 Å². The summed E-state index contributed by atoms with van der Waals surface area (Å²) in [6.07, 6.45) is 0.714. The van der Waals surface area contributed by atoms with Gasteiger partial charge in [-0.3, -0.25) is 4.79 Å². The van der Waals surface area contributed by atoms with Crippen molar-refractivity contribution < 1.29 is 4.79 Å². The number of rotatable bonds is 1. The van der Waals surface area contributed by atoms with Gasteiger partial charge in [-0.1, -0.05) is 23.2 Å². The van der Waals surface area contributed by atoms with Gasteiger partial charge in [0.15, 0.2) is 6.29 Å². The van der Waals surface area contributed by atoms with Gasteiger partial charge in [0.25, 0.3) is 0 Å². The molecule has 11 heavy (non-hydrogen) atoms. The van der Waals surface area contributed by atoms with Crippen molar-refractivity contribution in [3.63, 3.8) is 0 Å². The monoisotopic (exact) mass is 188 g/mol. The van der Waals surface area contributed by atoms with Crippen molar-refractivity contribution >= 4 is 29.5 Å². The van der Waals surface area contributed by atoms with Crippen LogP contribution in [0.25, 0.3) is 0 Å². The van der Waals surface area contributed by atoms with Gasteiger partial charge in [-0.2, -0.15) is 0 Å². The summed E-state index contributed by atoms with van der Waals surface area (Å²) in [5, 5.41) is 1.02. The quantitative estimate of drug-likeness (QED) is 0.620. The first-order valence-electron chi connectivity index (χ1n) is 3.06. The molecule has 0 aliphatic rings. The fraction of sp³-hybridized carbons (Fsp3) is 0.125. The molecule has 3 heteroatoms. The van der Waals surface area contributed by atoms with E-state index in [9.17, 15) is 4.79 Å². The molecular formula is C8H6Cl2O. The minimum Gasteiger partial charge on any atom is -0.298 e. The Hall–Kier alpha value is -0.530. The molecule has 0 aromatic heterocycles. The zero-order valence-corrected chi connectivity index (χ0v) is 7.41. The maximum absolute atomic E-state index is 10.4. The highest BCUT2D eigenvalue weighted by Gasteiger charge is 2.04. The minimum atomic E-state index is 0.438. The van der Waals surface area contributed by atoms with Gasteiger partial charge in [-0.25, -0.2) is 0 Å². The van der Waals surface area contributed by atoms with Crippen molar-refractivity contribution in [2.24, 2.45) is 0 Å². The number of aldehydes is 1. The third-order valence-electron chi connectivity index (χ3n) is 1.48. The Morgan fingerprint density at radius 2 is 2.00 bits per heavy atom. The van der Waals surface area contributed by atoms with Crippen LogP contribution in [0.2, 0.25) is 10.0 Å². The van der Waals surface area contributed by atoms with Gasteiger partial charge in [0.05, 0.1) is 5.02 Å². The van der Waals surface area contributed by atoms with Crippen molar-refractivity contribution in [1.82, 2.24) is 0 Å². The summed E-state index contributed by atoms with van der Waals surface area (Å²) in [6, 6.07) is 3.26. The lowest BCUT2D eigenvalue weighted by molar-refractivity contribution is 0.112. The van der Waals surface area contributed by atoms with Gasteiger partial charge in [0, 0.05) is 10.6 Å². The molecule has 0 aliphatic carbocycles. The molecule has 0 fully saturated rings. The fourth-order valence-corrected chi connectivity index (χ4v) is 1.19. The second-order valence-corrected chi connectivity index (χ2v) is 2.98. The first-order chi connectivity index (χ1) is 5.16. The molecule has 0 N–H and O–H groups in total. The average molecular weight is 189 g/mol. The predicted molar refractivity (Wildman–Crippen MR) is 46.6 cm³/mol. The molecule has 0 radical (unpaired) electrons. The first-order valence-corrected chi connectivity index (χ1v) is 3.82. The molecule has 0 heterocycles. The molecule has 0 spiro atoms. The van der Waals surface area contributed by atoms with Crippen molar-refractivity contribution in [3.8, 4) is 0 Å². The Balaban J connectivity index is 3.36. The van der Waals surface area contributed by atoms with E-state index < -0.39 is 0 Å². The normalized spacial score (nSPS) is 9.73. The van der Waals surface area contributed by atoms with Crippen LogP contribution in [0.4, 0.5) is 0 Å². The van der Waals surface area contributed by atoms with E-state index in [-0.39, 0.29) is 0 Å². The maximum atomic E-state index is 10.4. The Labute approximate surface area is 74.9 Å². The highest BCUT2D eigenvalue weighted by Crippen LogP contribution is 2.25. The summed E-state index contributed by atoms with van der Waals surface area (Å²) in [5.74, 6) is 0. The largest absolute Gasteiger partial charge is 0.298 e. The van der Waals surface area contributed by atoms with E-state index >= 15 is 0 Å². The van der Waals surface area contributed by atoms with Crippen LogP contribution >= 0.6 is 23.2 Å². The van der Waals surface area contributed by atoms with E-state index in [1.807, 2.05) is 0 Å². The van der Waals surface area contributed by atoms with Crippen LogP contribution in [0.5, 0.6) is 0 Å². The summed E-state index contributed by atoms with van der Waals surface area (Å²) >= 11 is 11.5. The molecular weight excluding hydrogens is 183 g/mol. The van der Waals surface area contributed by atoms with E-state index in [2.05, 4.69) is 0 Å². The third kappa shape index (κ3) is 1.55. The van der Waals surface area contributed by atoms with Crippen LogP contribution < -0.4 is 0 Å². The third-order valence-corrected chi connectivity index (χ3v) is 2.39. The molecule has 0 atom stereocenters. The Morgan fingerprint density at radius 1 is 1.36 bits per heavy atom. The van der Waals surface area contributed by atoms with Gasteiger partial charge in [0.1, 0.15) is 0 Å². The number of carbonyl (C=O) groups is 1. The van der Waals surface area contributed by atoms with Gasteiger partial charge in [0.2, 0.25) is 0 Å². The predicted octanol–water partition coefficient (Wildman–Crippen LogP) is 3.11. The van der Waals surface area contributed by atoms with Crippen LogP contribution in [0.15, 0.2) is 12.1 Å². The summed E-state index contributed by atoms with van der Waals surface area (Å²) < 4.78 is 0. The molecule has 1 aromatic rings. The van der Waals surface area contributed by atoms with Crippen LogP contribution in [0, 0.1) is 6.92 Å². The van der Waals surface area contributed by atoms with Gasteiger partial charge >= 0.3 is 0 Å². The van der Waals surface area contributed by atoms with E-state index in [1.165, 1.54) is 0 Å². The topological polar surface area (TPSA) is 17.1 Å². The van der Waals surface area contributed by atoms with Crippen LogP contribution in [-0.4, -0.2) is 6.29 Å². The number of hydrogen-bond donors (Lipinski definition) is 0. The van der Waals surface area contributed by atoms with Crippen molar-refractivity contribution in [2.45, 2.75) is 6.92 Å². The highest BCUT2D eigenvalue weighted by atomic mass is 35.5. The molecule has 1 aromatic carbocycles. The smallest absolute Gasteiger partial charge is 0.151 e. The molecule has 0 unspecified atom stereocenters. The SMILES string of the molecule is Cc1c(Cl)ccc(C=O)c1Cl. The summed E-state index contributed by atoms with van der Waals surface area (Å²) in [7, 11) is 0. The summed E-state index contributed by atoms with van der Waals surface area (Å²) in [5.41, 5.74) is 1.23. The zero-order chi connectivity index (χ0) is 8.43. The second kappa shape index (κ2) is 3.24. The zero-order valence-electron chi connectivity index (χ0n) is 5.90. The summed E-state index contributed by atoms with van der Waals surface area (Å²) in [6.45, 7) is 1.78. The van der Waals surface area contributed by atoms with E-state index in [1.54, 1.807) is 19.1 Å². The van der Waals surface area contributed by atoms with E-state index in [4.69, 9.17) is 23.2 Å². The highest BCUT2D eigenvalue weighted by molar-refractivity contribution is 6.37. The first kappa shape index (κ1) is 8.57. The second-order valence-electron chi connectivity index (χ2n) is 2.19. The molecule has 0 saturated carbocycles. The Bertz CT molecular complexity index is 294. The minimum absolute atomic E-state index is 0.438. The maximum Gasteiger partial charge on any atom is 0.151 e. The Morgan fingerprint density at radius 3 is 2.55 bits per heavy atom. The number of halogens is 2. The van der Waals surface area contributed by atoms with E-state index in [0.717, 1.165) is 5.56 Å². The fourth-order valence-electron chi connectivity index (χ4n) is 0.773. The average Bonchev–Trinajstić information content (AvgIpc) is 2.01. The van der Waals surface area contributed by atoms with Gasteiger partial charge < -0.3 is 0 Å². The van der Waals surface area contributed by atoms with Crippen LogP contribution in [-0.2, 0) is 0 Å². The van der Waals surface area contributed by atoms with Crippen molar-refractivity contribution in [3.05, 3.63) is 33.3 Å². The Kier molecular flexibility index (Phi) is 2.53. The van der Waals surface area contributed by atoms with Crippen molar-refractivity contribution in [2.75, 3.05) is 0 Å². The lowest BCUT2D eigenvalue weighted by atomic mass is 10.1. The number of benzene rings is 1. The summed E-state index contributed by atoms with van der Waals surface area (Å²) in [4.78, 5) is 10.4. The molecule has 0 aliphatic heterocycles. The molecule has 1 nitrogen and oxygen atoms in total. The molecule has 0 saturated heterocycles. The van der Waals surface area contributed by atoms with Crippen LogP contribution in [0.1, 0.15) is 15.9 Å². The van der Waals surface area contributed by atoms with E-state index in [0.29, 0.717) is 21.9 Å². The standard InChI is InChI=1S/C8H6Cl2O/c1-5-7(9)3-2-6(4-11)8(5)10/h2-4H,1H3. The van der Waals surface area contributed by atoms with Crippen molar-refractivity contribution in [1.29, 1.82) is 0 Å². The number of hydrogen-bond acceptors (Lipinski definition) is 1.